The van der Waals surface area contributed by atoms with Crippen molar-refractivity contribution in [2.45, 2.75) is 13.3 Å². The van der Waals surface area contributed by atoms with Crippen molar-refractivity contribution in [2.24, 2.45) is 0 Å². The predicted molar refractivity (Wildman–Crippen MR) is 75.5 cm³/mol. The van der Waals surface area contributed by atoms with Gasteiger partial charge in [-0.2, -0.15) is 0 Å². The quantitative estimate of drug-likeness (QED) is 0.775. The minimum absolute atomic E-state index is 0.0222. The van der Waals surface area contributed by atoms with Crippen LogP contribution in [0.3, 0.4) is 0 Å². The van der Waals surface area contributed by atoms with E-state index < -0.39 is 0 Å². The zero-order chi connectivity index (χ0) is 13.0. The fraction of sp³-hybridized carbons (Fsp3) is 0.286. The molecule has 4 heteroatoms. The number of benzene rings is 1. The van der Waals surface area contributed by atoms with Gasteiger partial charge in [-0.1, -0.05) is 30.3 Å². The van der Waals surface area contributed by atoms with Crippen LogP contribution in [0, 0.1) is 0 Å². The van der Waals surface area contributed by atoms with Crippen LogP contribution in [0.5, 0.6) is 0 Å². The maximum Gasteiger partial charge on any atom is 0.185 e. The van der Waals surface area contributed by atoms with E-state index in [1.165, 1.54) is 16.9 Å². The van der Waals surface area contributed by atoms with Crippen LogP contribution in [0.2, 0.25) is 0 Å². The molecule has 2 aromatic rings. The summed E-state index contributed by atoms with van der Waals surface area (Å²) in [6.45, 7) is 2.44. The van der Waals surface area contributed by atoms with Gasteiger partial charge < -0.3 is 4.90 Å². The third kappa shape index (κ3) is 3.17. The van der Waals surface area contributed by atoms with E-state index in [1.807, 2.05) is 30.6 Å². The van der Waals surface area contributed by atoms with Gasteiger partial charge in [0.05, 0.1) is 0 Å². The van der Waals surface area contributed by atoms with Gasteiger partial charge in [-0.25, -0.2) is 4.98 Å². The van der Waals surface area contributed by atoms with Crippen LogP contribution in [0.4, 0.5) is 5.13 Å². The van der Waals surface area contributed by atoms with E-state index >= 15 is 0 Å². The van der Waals surface area contributed by atoms with Crippen molar-refractivity contribution in [3.05, 3.63) is 47.0 Å². The Morgan fingerprint density at radius 3 is 2.67 bits per heavy atom. The summed E-state index contributed by atoms with van der Waals surface area (Å²) >= 11 is 1.52. The van der Waals surface area contributed by atoms with Gasteiger partial charge in [0.25, 0.3) is 0 Å². The van der Waals surface area contributed by atoms with E-state index in [4.69, 9.17) is 0 Å². The first-order valence-electron chi connectivity index (χ1n) is 5.88. The van der Waals surface area contributed by atoms with Crippen molar-refractivity contribution >= 4 is 22.3 Å². The van der Waals surface area contributed by atoms with Crippen molar-refractivity contribution in [1.29, 1.82) is 0 Å². The first-order chi connectivity index (χ1) is 8.66. The molecule has 1 aromatic heterocycles. The SMILES string of the molecule is CC(=O)c1csc(N(C)CCc2ccccc2)n1. The number of Topliss-reactive ketones (excluding diaryl/α,β-unsaturated/α-hetero) is 1. The fourth-order valence-electron chi connectivity index (χ4n) is 1.64. The summed E-state index contributed by atoms with van der Waals surface area (Å²) in [6.07, 6.45) is 0.978. The second-order valence-electron chi connectivity index (χ2n) is 4.23. The zero-order valence-electron chi connectivity index (χ0n) is 10.6. The number of thiazole rings is 1. The molecule has 0 fully saturated rings. The number of hydrogen-bond donors (Lipinski definition) is 0. The standard InChI is InChI=1S/C14H16N2OS/c1-11(17)13-10-18-14(15-13)16(2)9-8-12-6-4-3-5-7-12/h3-7,10H,8-9H2,1-2H3. The van der Waals surface area contributed by atoms with Gasteiger partial charge in [0.2, 0.25) is 0 Å². The minimum atomic E-state index is 0.0222. The molecule has 1 heterocycles. The molecule has 0 aliphatic carbocycles. The van der Waals surface area contributed by atoms with Crippen LogP contribution < -0.4 is 4.90 Å². The third-order valence-corrected chi connectivity index (χ3v) is 3.71. The van der Waals surface area contributed by atoms with E-state index in [-0.39, 0.29) is 5.78 Å². The lowest BCUT2D eigenvalue weighted by molar-refractivity contribution is 0.101. The van der Waals surface area contributed by atoms with Crippen LogP contribution in [-0.4, -0.2) is 24.4 Å². The molecule has 0 atom stereocenters. The summed E-state index contributed by atoms with van der Waals surface area (Å²) in [4.78, 5) is 17.6. The molecule has 0 bridgehead atoms. The Kier molecular flexibility index (Phi) is 4.10. The van der Waals surface area contributed by atoms with Crippen LogP contribution >= 0.6 is 11.3 Å². The number of aromatic nitrogens is 1. The highest BCUT2D eigenvalue weighted by Gasteiger charge is 2.09. The maximum atomic E-state index is 11.2. The van der Waals surface area contributed by atoms with Gasteiger partial charge in [-0.05, 0) is 12.0 Å². The molecule has 0 amide bonds. The minimum Gasteiger partial charge on any atom is -0.351 e. The molecule has 94 valence electrons. The monoisotopic (exact) mass is 260 g/mol. The van der Waals surface area contributed by atoms with Gasteiger partial charge in [-0.3, -0.25) is 4.79 Å². The van der Waals surface area contributed by atoms with Gasteiger partial charge in [0.15, 0.2) is 10.9 Å². The fourth-order valence-corrected chi connectivity index (χ4v) is 2.50. The van der Waals surface area contributed by atoms with Crippen molar-refractivity contribution in [2.75, 3.05) is 18.5 Å². The lowest BCUT2D eigenvalue weighted by Crippen LogP contribution is -2.20. The molecule has 0 radical (unpaired) electrons. The van der Waals surface area contributed by atoms with Gasteiger partial charge >= 0.3 is 0 Å². The van der Waals surface area contributed by atoms with Crippen molar-refractivity contribution < 1.29 is 4.79 Å². The van der Waals surface area contributed by atoms with Gasteiger partial charge in [0, 0.05) is 25.9 Å². The van der Waals surface area contributed by atoms with E-state index in [9.17, 15) is 4.79 Å². The zero-order valence-corrected chi connectivity index (χ0v) is 11.4. The van der Waals surface area contributed by atoms with E-state index in [2.05, 4.69) is 22.0 Å². The van der Waals surface area contributed by atoms with Crippen molar-refractivity contribution in [3.8, 4) is 0 Å². The van der Waals surface area contributed by atoms with E-state index in [0.717, 1.165) is 18.1 Å². The van der Waals surface area contributed by atoms with Crippen LogP contribution in [0.25, 0.3) is 0 Å². The summed E-state index contributed by atoms with van der Waals surface area (Å²) < 4.78 is 0. The molecule has 0 saturated carbocycles. The number of anilines is 1. The molecular weight excluding hydrogens is 244 g/mol. The van der Waals surface area contributed by atoms with Gasteiger partial charge in [-0.15, -0.1) is 11.3 Å². The number of nitrogens with zero attached hydrogens (tertiary/aromatic N) is 2. The number of hydrogen-bond acceptors (Lipinski definition) is 4. The highest BCUT2D eigenvalue weighted by atomic mass is 32.1. The lowest BCUT2D eigenvalue weighted by atomic mass is 10.1. The molecule has 0 unspecified atom stereocenters. The van der Waals surface area contributed by atoms with Crippen molar-refractivity contribution in [1.82, 2.24) is 4.98 Å². The Bertz CT molecular complexity index is 522. The summed E-state index contributed by atoms with van der Waals surface area (Å²) in [6, 6.07) is 10.4. The Balaban J connectivity index is 1.95. The Morgan fingerprint density at radius 2 is 2.06 bits per heavy atom. The first-order valence-corrected chi connectivity index (χ1v) is 6.76. The molecule has 0 N–H and O–H groups in total. The second kappa shape index (κ2) is 5.78. The number of ketones is 1. The first kappa shape index (κ1) is 12.8. The summed E-state index contributed by atoms with van der Waals surface area (Å²) in [5.74, 6) is 0.0222. The van der Waals surface area contributed by atoms with Crippen LogP contribution in [0.15, 0.2) is 35.7 Å². The molecule has 2 rings (SSSR count). The molecule has 1 aromatic carbocycles. The number of rotatable bonds is 5. The topological polar surface area (TPSA) is 33.2 Å². The average molecular weight is 260 g/mol. The Labute approximate surface area is 111 Å². The van der Waals surface area contributed by atoms with E-state index in [0.29, 0.717) is 5.69 Å². The molecule has 0 aliphatic rings. The summed E-state index contributed by atoms with van der Waals surface area (Å²) in [5.41, 5.74) is 1.87. The maximum absolute atomic E-state index is 11.2. The number of likely N-dealkylation sites (N-methyl/N-ethyl adjacent to an activating group) is 1. The predicted octanol–water partition coefficient (Wildman–Crippen LogP) is 3.02. The van der Waals surface area contributed by atoms with Crippen LogP contribution in [-0.2, 0) is 6.42 Å². The molecule has 0 aliphatic heterocycles. The summed E-state index contributed by atoms with van der Waals surface area (Å²) in [5, 5.41) is 2.72. The molecular formula is C14H16N2OS. The number of carbonyl (C=O) groups is 1. The number of carbonyl (C=O) groups excluding carboxylic acids is 1. The second-order valence-corrected chi connectivity index (χ2v) is 5.07. The Morgan fingerprint density at radius 1 is 1.33 bits per heavy atom. The smallest absolute Gasteiger partial charge is 0.185 e. The average Bonchev–Trinajstić information content (AvgIpc) is 2.87. The van der Waals surface area contributed by atoms with Gasteiger partial charge in [0.1, 0.15) is 5.69 Å². The molecule has 3 nitrogen and oxygen atoms in total. The summed E-state index contributed by atoms with van der Waals surface area (Å²) in [7, 11) is 2.01. The normalized spacial score (nSPS) is 10.3. The van der Waals surface area contributed by atoms with Crippen LogP contribution in [0.1, 0.15) is 23.0 Å². The molecule has 0 spiro atoms. The Hall–Kier alpha value is -1.68. The lowest BCUT2D eigenvalue weighted by Gasteiger charge is -2.15. The largest absolute Gasteiger partial charge is 0.351 e. The van der Waals surface area contributed by atoms with E-state index in [1.54, 1.807) is 6.92 Å². The van der Waals surface area contributed by atoms with Crippen molar-refractivity contribution in [3.63, 3.8) is 0 Å². The molecule has 18 heavy (non-hydrogen) atoms. The highest BCUT2D eigenvalue weighted by Crippen LogP contribution is 2.19. The molecule has 0 saturated heterocycles. The third-order valence-electron chi connectivity index (χ3n) is 2.76. The highest BCUT2D eigenvalue weighted by molar-refractivity contribution is 7.13.